The number of para-hydroxylation sites is 1. The molecule has 0 saturated carbocycles. The fourth-order valence-electron chi connectivity index (χ4n) is 2.98. The first-order valence-corrected chi connectivity index (χ1v) is 8.93. The molecule has 26 heavy (non-hydrogen) atoms. The molecule has 0 fully saturated rings. The second kappa shape index (κ2) is 7.14. The summed E-state index contributed by atoms with van der Waals surface area (Å²) in [6, 6.07) is 26.1. The summed E-state index contributed by atoms with van der Waals surface area (Å²) in [5.41, 5.74) is 2.92. The van der Waals surface area contributed by atoms with E-state index in [0.29, 0.717) is 10.8 Å². The zero-order chi connectivity index (χ0) is 17.9. The van der Waals surface area contributed by atoms with Crippen molar-refractivity contribution in [2.45, 2.75) is 13.0 Å². The van der Waals surface area contributed by atoms with E-state index in [2.05, 4.69) is 24.4 Å². The van der Waals surface area contributed by atoms with E-state index < -0.39 is 0 Å². The number of anilines is 1. The lowest BCUT2D eigenvalue weighted by Gasteiger charge is -2.17. The standard InChI is InChI=1S/C22H18ClN3/c1-15(16-9-3-2-4-10-16)24-22-18-12-6-8-14-20(18)25-21(26-22)17-11-5-7-13-19(17)23/h2-15H,1H3,(H,24,25,26)/t15-/m0/s1. The summed E-state index contributed by atoms with van der Waals surface area (Å²) >= 11 is 6.36. The quantitative estimate of drug-likeness (QED) is 0.476. The largest absolute Gasteiger partial charge is 0.363 e. The number of hydrogen-bond acceptors (Lipinski definition) is 3. The third kappa shape index (κ3) is 3.26. The van der Waals surface area contributed by atoms with Crippen molar-refractivity contribution in [1.29, 1.82) is 0 Å². The normalized spacial score (nSPS) is 12.1. The molecule has 4 rings (SSSR count). The third-order valence-corrected chi connectivity index (χ3v) is 4.70. The molecule has 3 aromatic carbocycles. The van der Waals surface area contributed by atoms with Gasteiger partial charge in [-0.1, -0.05) is 66.2 Å². The Kier molecular flexibility index (Phi) is 4.55. The van der Waals surface area contributed by atoms with Crippen LogP contribution < -0.4 is 5.32 Å². The van der Waals surface area contributed by atoms with Gasteiger partial charge < -0.3 is 5.32 Å². The van der Waals surface area contributed by atoms with Crippen LogP contribution in [-0.4, -0.2) is 9.97 Å². The average Bonchev–Trinajstić information content (AvgIpc) is 2.69. The van der Waals surface area contributed by atoms with Gasteiger partial charge in [-0.25, -0.2) is 9.97 Å². The van der Waals surface area contributed by atoms with Crippen LogP contribution in [0, 0.1) is 0 Å². The van der Waals surface area contributed by atoms with Crippen LogP contribution in [0.3, 0.4) is 0 Å². The molecule has 0 bridgehead atoms. The van der Waals surface area contributed by atoms with Crippen molar-refractivity contribution in [3.05, 3.63) is 89.4 Å². The van der Waals surface area contributed by atoms with Gasteiger partial charge in [0.2, 0.25) is 0 Å². The Labute approximate surface area is 157 Å². The number of benzene rings is 3. The van der Waals surface area contributed by atoms with Crippen LogP contribution in [0.4, 0.5) is 5.82 Å². The van der Waals surface area contributed by atoms with Crippen molar-refractivity contribution in [2.75, 3.05) is 5.32 Å². The van der Waals surface area contributed by atoms with Gasteiger partial charge in [0.05, 0.1) is 10.5 Å². The number of hydrogen-bond donors (Lipinski definition) is 1. The van der Waals surface area contributed by atoms with Crippen molar-refractivity contribution in [3.63, 3.8) is 0 Å². The molecule has 0 aliphatic heterocycles. The van der Waals surface area contributed by atoms with Gasteiger partial charge in [-0.2, -0.15) is 0 Å². The highest BCUT2D eigenvalue weighted by molar-refractivity contribution is 6.33. The maximum absolute atomic E-state index is 6.36. The molecule has 0 radical (unpaired) electrons. The number of halogens is 1. The van der Waals surface area contributed by atoms with Crippen LogP contribution in [0.15, 0.2) is 78.9 Å². The lowest BCUT2D eigenvalue weighted by atomic mass is 10.1. The summed E-state index contributed by atoms with van der Waals surface area (Å²) in [5.74, 6) is 1.43. The number of rotatable bonds is 4. The van der Waals surface area contributed by atoms with Gasteiger partial charge in [0.25, 0.3) is 0 Å². The van der Waals surface area contributed by atoms with Gasteiger partial charge in [-0.15, -0.1) is 0 Å². The van der Waals surface area contributed by atoms with E-state index in [0.717, 1.165) is 22.3 Å². The molecule has 0 unspecified atom stereocenters. The maximum Gasteiger partial charge on any atom is 0.163 e. The molecule has 1 atom stereocenters. The molecule has 3 nitrogen and oxygen atoms in total. The topological polar surface area (TPSA) is 37.8 Å². The van der Waals surface area contributed by atoms with E-state index in [9.17, 15) is 0 Å². The van der Waals surface area contributed by atoms with E-state index in [1.54, 1.807) is 0 Å². The average molecular weight is 360 g/mol. The first kappa shape index (κ1) is 16.6. The number of nitrogens with zero attached hydrogens (tertiary/aromatic N) is 2. The van der Waals surface area contributed by atoms with Crippen LogP contribution in [0.1, 0.15) is 18.5 Å². The van der Waals surface area contributed by atoms with E-state index in [1.807, 2.05) is 66.7 Å². The molecule has 0 spiro atoms. The minimum atomic E-state index is 0.119. The Bertz CT molecular complexity index is 1050. The molecule has 4 aromatic rings. The SMILES string of the molecule is C[C@H](Nc1nc(-c2ccccc2Cl)nc2ccccc12)c1ccccc1. The number of nitrogens with one attached hydrogen (secondary N) is 1. The van der Waals surface area contributed by atoms with Crippen molar-refractivity contribution >= 4 is 28.3 Å². The molecule has 1 N–H and O–H groups in total. The van der Waals surface area contributed by atoms with Gasteiger partial charge >= 0.3 is 0 Å². The van der Waals surface area contributed by atoms with E-state index in [-0.39, 0.29) is 6.04 Å². The molecule has 0 amide bonds. The Morgan fingerprint density at radius 1 is 0.808 bits per heavy atom. The lowest BCUT2D eigenvalue weighted by molar-refractivity contribution is 0.876. The smallest absolute Gasteiger partial charge is 0.163 e. The number of fused-ring (bicyclic) bond motifs is 1. The second-order valence-corrected chi connectivity index (χ2v) is 6.58. The first-order valence-electron chi connectivity index (χ1n) is 8.55. The Hall–Kier alpha value is -2.91. The highest BCUT2D eigenvalue weighted by Crippen LogP contribution is 2.30. The maximum atomic E-state index is 6.36. The molecule has 128 valence electrons. The van der Waals surface area contributed by atoms with Gasteiger partial charge in [0.15, 0.2) is 5.82 Å². The minimum Gasteiger partial charge on any atom is -0.363 e. The number of aromatic nitrogens is 2. The fourth-order valence-corrected chi connectivity index (χ4v) is 3.20. The van der Waals surface area contributed by atoms with Crippen LogP contribution in [0.25, 0.3) is 22.3 Å². The lowest BCUT2D eigenvalue weighted by Crippen LogP contribution is -2.09. The summed E-state index contributed by atoms with van der Waals surface area (Å²) in [5, 5.41) is 5.17. The minimum absolute atomic E-state index is 0.119. The predicted molar refractivity (Wildman–Crippen MR) is 108 cm³/mol. The van der Waals surface area contributed by atoms with Crippen LogP contribution in [0.2, 0.25) is 5.02 Å². The Morgan fingerprint density at radius 2 is 1.50 bits per heavy atom. The van der Waals surface area contributed by atoms with Gasteiger partial charge in [-0.3, -0.25) is 0 Å². The summed E-state index contributed by atoms with van der Waals surface area (Å²) < 4.78 is 0. The van der Waals surface area contributed by atoms with Crippen molar-refractivity contribution in [2.24, 2.45) is 0 Å². The monoisotopic (exact) mass is 359 g/mol. The Morgan fingerprint density at radius 3 is 2.31 bits per heavy atom. The fraction of sp³-hybridized carbons (Fsp3) is 0.0909. The zero-order valence-electron chi connectivity index (χ0n) is 14.4. The van der Waals surface area contributed by atoms with Crippen molar-refractivity contribution in [1.82, 2.24) is 9.97 Å². The van der Waals surface area contributed by atoms with Gasteiger partial charge in [0, 0.05) is 17.0 Å². The molecule has 0 aliphatic carbocycles. The molecule has 0 aliphatic rings. The molecular formula is C22H18ClN3. The molecule has 4 heteroatoms. The molecular weight excluding hydrogens is 342 g/mol. The molecule has 0 saturated heterocycles. The highest BCUT2D eigenvalue weighted by Gasteiger charge is 2.13. The van der Waals surface area contributed by atoms with Crippen molar-refractivity contribution < 1.29 is 0 Å². The predicted octanol–water partition coefficient (Wildman–Crippen LogP) is 6.12. The molecule has 1 heterocycles. The second-order valence-electron chi connectivity index (χ2n) is 6.17. The summed E-state index contributed by atoms with van der Waals surface area (Å²) in [7, 11) is 0. The van der Waals surface area contributed by atoms with E-state index in [1.165, 1.54) is 5.56 Å². The van der Waals surface area contributed by atoms with Crippen LogP contribution in [0.5, 0.6) is 0 Å². The van der Waals surface area contributed by atoms with Crippen molar-refractivity contribution in [3.8, 4) is 11.4 Å². The van der Waals surface area contributed by atoms with E-state index in [4.69, 9.17) is 21.6 Å². The third-order valence-electron chi connectivity index (χ3n) is 4.37. The highest BCUT2D eigenvalue weighted by atomic mass is 35.5. The summed E-state index contributed by atoms with van der Waals surface area (Å²) in [6.07, 6.45) is 0. The van der Waals surface area contributed by atoms with Crippen LogP contribution in [-0.2, 0) is 0 Å². The summed E-state index contributed by atoms with van der Waals surface area (Å²) in [6.45, 7) is 2.13. The van der Waals surface area contributed by atoms with E-state index >= 15 is 0 Å². The first-order chi connectivity index (χ1) is 12.7. The van der Waals surface area contributed by atoms with Gasteiger partial charge in [0.1, 0.15) is 5.82 Å². The van der Waals surface area contributed by atoms with Gasteiger partial charge in [-0.05, 0) is 36.8 Å². The summed E-state index contributed by atoms with van der Waals surface area (Å²) in [4.78, 5) is 9.50. The molecule has 1 aromatic heterocycles. The zero-order valence-corrected chi connectivity index (χ0v) is 15.1. The van der Waals surface area contributed by atoms with Crippen LogP contribution >= 0.6 is 11.6 Å². The Balaban J connectivity index is 1.81.